The standard InChI is InChI=1S/C22H20ClNO4S2/c23-19-10-6-17(7-11-19)18-8-12-21(13-9-18)30(27,28)24-15-14-22(16-24)29(25,26)20-4-2-1-3-5-20/h1-13,22H,14-16H2. The van der Waals surface area contributed by atoms with Crippen LogP contribution in [0.3, 0.4) is 0 Å². The number of rotatable bonds is 5. The van der Waals surface area contributed by atoms with Crippen LogP contribution in [0.1, 0.15) is 6.42 Å². The van der Waals surface area contributed by atoms with E-state index in [1.54, 1.807) is 66.7 Å². The van der Waals surface area contributed by atoms with E-state index in [9.17, 15) is 16.8 Å². The molecular formula is C22H20ClNO4S2. The molecule has 1 aliphatic heterocycles. The first-order valence-electron chi connectivity index (χ1n) is 9.43. The summed E-state index contributed by atoms with van der Waals surface area (Å²) in [5.74, 6) is 0. The van der Waals surface area contributed by atoms with Gasteiger partial charge in [0, 0.05) is 18.1 Å². The van der Waals surface area contributed by atoms with Crippen LogP contribution in [-0.2, 0) is 19.9 Å². The molecule has 1 fully saturated rings. The van der Waals surface area contributed by atoms with Crippen molar-refractivity contribution in [3.63, 3.8) is 0 Å². The molecule has 1 unspecified atom stereocenters. The van der Waals surface area contributed by atoms with Crippen LogP contribution in [0.15, 0.2) is 88.7 Å². The van der Waals surface area contributed by atoms with Gasteiger partial charge in [0.25, 0.3) is 0 Å². The topological polar surface area (TPSA) is 71.5 Å². The lowest BCUT2D eigenvalue weighted by atomic mass is 10.1. The fourth-order valence-electron chi connectivity index (χ4n) is 3.58. The molecule has 30 heavy (non-hydrogen) atoms. The maximum absolute atomic E-state index is 13.0. The summed E-state index contributed by atoms with van der Waals surface area (Å²) in [6.07, 6.45) is 0.277. The lowest BCUT2D eigenvalue weighted by Gasteiger charge is -2.17. The van der Waals surface area contributed by atoms with Crippen molar-refractivity contribution < 1.29 is 16.8 Å². The van der Waals surface area contributed by atoms with Gasteiger partial charge in [0.05, 0.1) is 15.0 Å². The quantitative estimate of drug-likeness (QED) is 0.569. The molecule has 1 atom stereocenters. The van der Waals surface area contributed by atoms with E-state index in [1.165, 1.54) is 4.31 Å². The summed E-state index contributed by atoms with van der Waals surface area (Å²) in [6.45, 7) is 0.135. The Balaban J connectivity index is 1.54. The summed E-state index contributed by atoms with van der Waals surface area (Å²) >= 11 is 5.91. The van der Waals surface area contributed by atoms with Crippen LogP contribution in [0.2, 0.25) is 5.02 Å². The number of benzene rings is 3. The molecule has 4 rings (SSSR count). The van der Waals surface area contributed by atoms with Crippen molar-refractivity contribution in [3.05, 3.63) is 83.9 Å². The number of sulfonamides is 1. The van der Waals surface area contributed by atoms with E-state index >= 15 is 0 Å². The summed E-state index contributed by atoms with van der Waals surface area (Å²) < 4.78 is 53.0. The predicted molar refractivity (Wildman–Crippen MR) is 118 cm³/mol. The Morgan fingerprint density at radius 2 is 1.30 bits per heavy atom. The van der Waals surface area contributed by atoms with Gasteiger partial charge < -0.3 is 0 Å². The summed E-state index contributed by atoms with van der Waals surface area (Å²) in [5, 5.41) is -0.116. The average Bonchev–Trinajstić information content (AvgIpc) is 3.27. The highest BCUT2D eigenvalue weighted by Gasteiger charge is 2.39. The lowest BCUT2D eigenvalue weighted by Crippen LogP contribution is -2.32. The second-order valence-electron chi connectivity index (χ2n) is 7.16. The second kappa shape index (κ2) is 8.15. The fraction of sp³-hybridized carbons (Fsp3) is 0.182. The van der Waals surface area contributed by atoms with E-state index in [0.717, 1.165) is 11.1 Å². The normalized spacial score (nSPS) is 17.8. The highest BCUT2D eigenvalue weighted by Crippen LogP contribution is 2.29. The Hall–Kier alpha value is -2.19. The van der Waals surface area contributed by atoms with E-state index in [4.69, 9.17) is 11.6 Å². The maximum Gasteiger partial charge on any atom is 0.243 e. The minimum absolute atomic E-state index is 0.0432. The highest BCUT2D eigenvalue weighted by molar-refractivity contribution is 7.92. The molecule has 0 N–H and O–H groups in total. The highest BCUT2D eigenvalue weighted by atomic mass is 35.5. The molecule has 1 aliphatic rings. The van der Waals surface area contributed by atoms with E-state index in [0.29, 0.717) is 5.02 Å². The Bertz CT molecular complexity index is 1240. The maximum atomic E-state index is 13.0. The average molecular weight is 462 g/mol. The van der Waals surface area contributed by atoms with Crippen molar-refractivity contribution in [1.29, 1.82) is 0 Å². The first-order chi connectivity index (χ1) is 14.3. The van der Waals surface area contributed by atoms with E-state index in [2.05, 4.69) is 0 Å². The van der Waals surface area contributed by atoms with Gasteiger partial charge in [-0.25, -0.2) is 16.8 Å². The van der Waals surface area contributed by atoms with Gasteiger partial charge in [-0.15, -0.1) is 0 Å². The molecule has 0 bridgehead atoms. The van der Waals surface area contributed by atoms with E-state index in [-0.39, 0.29) is 29.3 Å². The van der Waals surface area contributed by atoms with Crippen LogP contribution < -0.4 is 0 Å². The van der Waals surface area contributed by atoms with Gasteiger partial charge in [0.1, 0.15) is 0 Å². The van der Waals surface area contributed by atoms with Crippen LogP contribution in [0.5, 0.6) is 0 Å². The SMILES string of the molecule is O=S(=O)(c1ccccc1)C1CCN(S(=O)(=O)c2ccc(-c3ccc(Cl)cc3)cc2)C1. The largest absolute Gasteiger partial charge is 0.243 e. The van der Waals surface area contributed by atoms with Gasteiger partial charge in [0.15, 0.2) is 9.84 Å². The fourth-order valence-corrected chi connectivity index (χ4v) is 7.02. The molecule has 0 spiro atoms. The molecule has 3 aromatic carbocycles. The monoisotopic (exact) mass is 461 g/mol. The zero-order valence-electron chi connectivity index (χ0n) is 16.0. The Labute approximate surface area is 181 Å². The Morgan fingerprint density at radius 1 is 0.733 bits per heavy atom. The number of sulfone groups is 1. The zero-order chi connectivity index (χ0) is 21.4. The molecule has 1 heterocycles. The van der Waals surface area contributed by atoms with Crippen LogP contribution >= 0.6 is 11.6 Å². The summed E-state index contributed by atoms with van der Waals surface area (Å²) in [4.78, 5) is 0.375. The van der Waals surface area contributed by atoms with Gasteiger partial charge >= 0.3 is 0 Å². The van der Waals surface area contributed by atoms with Crippen molar-refractivity contribution in [3.8, 4) is 11.1 Å². The van der Waals surface area contributed by atoms with Crippen molar-refractivity contribution >= 4 is 31.5 Å². The zero-order valence-corrected chi connectivity index (χ0v) is 18.4. The van der Waals surface area contributed by atoms with Crippen LogP contribution in [0.4, 0.5) is 0 Å². The minimum atomic E-state index is -3.77. The molecule has 0 aromatic heterocycles. The first-order valence-corrected chi connectivity index (χ1v) is 12.8. The van der Waals surface area contributed by atoms with Gasteiger partial charge in [0.2, 0.25) is 10.0 Å². The molecule has 0 radical (unpaired) electrons. The van der Waals surface area contributed by atoms with Crippen LogP contribution in [-0.4, -0.2) is 39.5 Å². The number of halogens is 1. The Kier molecular flexibility index (Phi) is 5.72. The smallest absolute Gasteiger partial charge is 0.223 e. The third-order valence-corrected chi connectivity index (χ3v) is 9.61. The van der Waals surface area contributed by atoms with Gasteiger partial charge in [-0.2, -0.15) is 4.31 Å². The van der Waals surface area contributed by atoms with Crippen molar-refractivity contribution in [2.45, 2.75) is 21.5 Å². The molecular weight excluding hydrogens is 442 g/mol. The molecule has 3 aromatic rings. The summed E-state index contributed by atoms with van der Waals surface area (Å²) in [7, 11) is -7.35. The molecule has 0 aliphatic carbocycles. The van der Waals surface area contributed by atoms with Gasteiger partial charge in [-0.3, -0.25) is 0 Å². The lowest BCUT2D eigenvalue weighted by molar-refractivity contribution is 0.476. The van der Waals surface area contributed by atoms with Gasteiger partial charge in [-0.1, -0.05) is 54.1 Å². The number of hydrogen-bond acceptors (Lipinski definition) is 4. The van der Waals surface area contributed by atoms with Gasteiger partial charge in [-0.05, 0) is 53.9 Å². The van der Waals surface area contributed by atoms with E-state index < -0.39 is 25.1 Å². The predicted octanol–water partition coefficient (Wildman–Crippen LogP) is 4.24. The van der Waals surface area contributed by atoms with Crippen LogP contribution in [0, 0.1) is 0 Å². The van der Waals surface area contributed by atoms with Crippen molar-refractivity contribution in [2.24, 2.45) is 0 Å². The number of nitrogens with zero attached hydrogens (tertiary/aromatic N) is 1. The number of hydrogen-bond donors (Lipinski definition) is 0. The van der Waals surface area contributed by atoms with Crippen LogP contribution in [0.25, 0.3) is 11.1 Å². The second-order valence-corrected chi connectivity index (χ2v) is 11.8. The van der Waals surface area contributed by atoms with Crippen molar-refractivity contribution in [2.75, 3.05) is 13.1 Å². The first kappa shape index (κ1) is 21.1. The third kappa shape index (κ3) is 4.03. The molecule has 0 saturated carbocycles. The summed E-state index contributed by atoms with van der Waals surface area (Å²) in [5.41, 5.74) is 1.80. The summed E-state index contributed by atoms with van der Waals surface area (Å²) in [6, 6.07) is 22.0. The Morgan fingerprint density at radius 3 is 1.90 bits per heavy atom. The van der Waals surface area contributed by atoms with Crippen molar-refractivity contribution in [1.82, 2.24) is 4.31 Å². The van der Waals surface area contributed by atoms with E-state index in [1.807, 2.05) is 12.1 Å². The molecule has 0 amide bonds. The minimum Gasteiger partial charge on any atom is -0.223 e. The molecule has 5 nitrogen and oxygen atoms in total. The third-order valence-electron chi connectivity index (χ3n) is 5.29. The molecule has 156 valence electrons. The molecule has 1 saturated heterocycles. The molecule has 8 heteroatoms.